The number of hydrogen-bond acceptors (Lipinski definition) is 7. The van der Waals surface area contributed by atoms with Gasteiger partial charge in [-0.3, -0.25) is 9.59 Å². The van der Waals surface area contributed by atoms with Gasteiger partial charge in [0.2, 0.25) is 10.6 Å². The van der Waals surface area contributed by atoms with Crippen LogP contribution in [0.5, 0.6) is 0 Å². The van der Waals surface area contributed by atoms with Crippen LogP contribution >= 0.6 is 23.2 Å². The number of esters is 1. The number of carboxylic acid groups (broad SMARTS) is 1. The first-order valence-electron chi connectivity index (χ1n) is 13.1. The van der Waals surface area contributed by atoms with E-state index in [1.807, 2.05) is 6.92 Å². The Balaban J connectivity index is 0.000000212. The molecule has 0 bridgehead atoms. The van der Waals surface area contributed by atoms with E-state index in [9.17, 15) is 14.7 Å². The monoisotopic (exact) mass is 564 g/mol. The van der Waals surface area contributed by atoms with E-state index in [4.69, 9.17) is 27.9 Å². The summed E-state index contributed by atoms with van der Waals surface area (Å²) < 4.78 is 5.30. The van der Waals surface area contributed by atoms with Crippen molar-refractivity contribution in [1.82, 2.24) is 19.9 Å². The fourth-order valence-corrected chi connectivity index (χ4v) is 5.62. The van der Waals surface area contributed by atoms with Crippen LogP contribution in [0.4, 0.5) is 0 Å². The lowest BCUT2D eigenvalue weighted by atomic mass is 9.63. The lowest BCUT2D eigenvalue weighted by Gasteiger charge is -2.41. The SMILES string of the molecule is CC1(C)CCC(C(=O)O)(c2ccnc(Cl)n2)CC1.CCOC(=O)C1(c2ccnc(Cl)n2)CCC(C)(C)CC1. The standard InChI is InChI=1S/C15H21ClN2O2.C13H17ClN2O2/c1-4-20-12(19)15(8-6-14(2,3)7-9-15)11-5-10-17-13(16)18-11;1-12(2)4-6-13(7-5-12,10(17)18)9-3-8-15-11(14)16-9/h5,10H,4,6-9H2,1-3H3;3,8H,4-7H2,1-2H3,(H,17,18). The van der Waals surface area contributed by atoms with E-state index in [1.165, 1.54) is 6.20 Å². The molecule has 0 saturated heterocycles. The molecule has 208 valence electrons. The van der Waals surface area contributed by atoms with E-state index in [1.54, 1.807) is 18.3 Å². The predicted molar refractivity (Wildman–Crippen MR) is 146 cm³/mol. The molecule has 2 saturated carbocycles. The zero-order chi connectivity index (χ0) is 28.2. The van der Waals surface area contributed by atoms with Crippen molar-refractivity contribution in [2.24, 2.45) is 10.8 Å². The van der Waals surface area contributed by atoms with Crippen molar-refractivity contribution in [1.29, 1.82) is 0 Å². The van der Waals surface area contributed by atoms with Gasteiger partial charge in [0.05, 0.1) is 18.0 Å². The maximum Gasteiger partial charge on any atom is 0.318 e. The molecule has 0 atom stereocenters. The van der Waals surface area contributed by atoms with Crippen LogP contribution in [0.3, 0.4) is 0 Å². The van der Waals surface area contributed by atoms with Crippen LogP contribution < -0.4 is 0 Å². The normalized spacial score (nSPS) is 20.9. The van der Waals surface area contributed by atoms with Crippen LogP contribution in [0, 0.1) is 10.8 Å². The molecule has 0 aliphatic heterocycles. The number of halogens is 2. The molecular weight excluding hydrogens is 527 g/mol. The van der Waals surface area contributed by atoms with Crippen LogP contribution in [0.25, 0.3) is 0 Å². The summed E-state index contributed by atoms with van der Waals surface area (Å²) in [6.45, 7) is 11.0. The third-order valence-electron chi connectivity index (χ3n) is 8.22. The molecule has 2 aromatic heterocycles. The number of ether oxygens (including phenoxy) is 1. The Bertz CT molecular complexity index is 1140. The first kappa shape index (κ1) is 30.2. The Morgan fingerprint density at radius 1 is 0.789 bits per heavy atom. The number of hydrogen-bond donors (Lipinski definition) is 1. The average Bonchev–Trinajstić information content (AvgIpc) is 2.85. The summed E-state index contributed by atoms with van der Waals surface area (Å²) in [7, 11) is 0. The van der Waals surface area contributed by atoms with Gasteiger partial charge in [0.1, 0.15) is 10.8 Å². The molecule has 1 N–H and O–H groups in total. The highest BCUT2D eigenvalue weighted by Gasteiger charge is 2.48. The minimum Gasteiger partial charge on any atom is -0.481 e. The molecule has 2 fully saturated rings. The van der Waals surface area contributed by atoms with E-state index in [2.05, 4.69) is 47.6 Å². The fraction of sp³-hybridized carbons (Fsp3) is 0.643. The van der Waals surface area contributed by atoms with Gasteiger partial charge in [-0.15, -0.1) is 0 Å². The van der Waals surface area contributed by atoms with Gasteiger partial charge in [-0.25, -0.2) is 19.9 Å². The Morgan fingerprint density at radius 3 is 1.55 bits per heavy atom. The van der Waals surface area contributed by atoms with Crippen LogP contribution in [-0.2, 0) is 25.2 Å². The number of rotatable bonds is 5. The molecule has 0 amide bonds. The van der Waals surface area contributed by atoms with Crippen molar-refractivity contribution in [3.05, 3.63) is 46.5 Å². The molecule has 0 aromatic carbocycles. The lowest BCUT2D eigenvalue weighted by molar-refractivity contribution is -0.153. The smallest absolute Gasteiger partial charge is 0.318 e. The number of carbonyl (C=O) groups excluding carboxylic acids is 1. The summed E-state index contributed by atoms with van der Waals surface area (Å²) in [6, 6.07) is 3.44. The van der Waals surface area contributed by atoms with Crippen LogP contribution in [0.1, 0.15) is 97.4 Å². The topological polar surface area (TPSA) is 115 Å². The zero-order valence-corrected chi connectivity index (χ0v) is 24.4. The minimum atomic E-state index is -0.901. The van der Waals surface area contributed by atoms with Crippen molar-refractivity contribution in [2.45, 2.75) is 96.8 Å². The van der Waals surface area contributed by atoms with Gasteiger partial charge < -0.3 is 9.84 Å². The molecule has 2 heterocycles. The molecule has 2 aliphatic carbocycles. The second-order valence-corrected chi connectivity index (χ2v) is 12.6. The third-order valence-corrected chi connectivity index (χ3v) is 8.59. The maximum atomic E-state index is 12.5. The molecule has 8 nitrogen and oxygen atoms in total. The maximum absolute atomic E-state index is 12.5. The van der Waals surface area contributed by atoms with Crippen molar-refractivity contribution in [2.75, 3.05) is 6.61 Å². The van der Waals surface area contributed by atoms with Crippen molar-refractivity contribution >= 4 is 35.1 Å². The third kappa shape index (κ3) is 6.81. The van der Waals surface area contributed by atoms with Crippen molar-refractivity contribution in [3.63, 3.8) is 0 Å². The average molecular weight is 566 g/mol. The first-order valence-corrected chi connectivity index (χ1v) is 13.9. The summed E-state index contributed by atoms with van der Waals surface area (Å²) in [6.07, 6.45) is 9.49. The van der Waals surface area contributed by atoms with Crippen LogP contribution in [0.2, 0.25) is 10.6 Å². The van der Waals surface area contributed by atoms with Gasteiger partial charge >= 0.3 is 11.9 Å². The quantitative estimate of drug-likeness (QED) is 0.319. The van der Waals surface area contributed by atoms with E-state index >= 15 is 0 Å². The highest BCUT2D eigenvalue weighted by Crippen LogP contribution is 2.48. The number of carboxylic acids is 1. The highest BCUT2D eigenvalue weighted by molar-refractivity contribution is 6.28. The van der Waals surface area contributed by atoms with E-state index in [0.29, 0.717) is 30.8 Å². The molecule has 2 aliphatic rings. The molecule has 38 heavy (non-hydrogen) atoms. The summed E-state index contributed by atoms with van der Waals surface area (Å²) in [5, 5.41) is 9.89. The number of aliphatic carboxylic acids is 1. The number of carbonyl (C=O) groups is 2. The summed E-state index contributed by atoms with van der Waals surface area (Å²) in [5.41, 5.74) is 0.111. The molecule has 0 radical (unpaired) electrons. The van der Waals surface area contributed by atoms with E-state index in [0.717, 1.165) is 38.5 Å². The minimum absolute atomic E-state index is 0.109. The van der Waals surface area contributed by atoms with Gasteiger partial charge in [-0.2, -0.15) is 0 Å². The Morgan fingerprint density at radius 2 is 1.18 bits per heavy atom. The van der Waals surface area contributed by atoms with Gasteiger partial charge in [-0.05, 0) is 104 Å². The predicted octanol–water partition coefficient (Wildman–Crippen LogP) is 6.58. The first-order chi connectivity index (χ1) is 17.8. The summed E-state index contributed by atoms with van der Waals surface area (Å²) >= 11 is 11.7. The van der Waals surface area contributed by atoms with Gasteiger partial charge in [0.15, 0.2) is 0 Å². The lowest BCUT2D eigenvalue weighted by Crippen LogP contribution is -2.43. The molecule has 4 rings (SSSR count). The second kappa shape index (κ2) is 11.8. The van der Waals surface area contributed by atoms with Crippen LogP contribution in [0.15, 0.2) is 24.5 Å². The summed E-state index contributed by atoms with van der Waals surface area (Å²) in [5.74, 6) is -1.00. The zero-order valence-electron chi connectivity index (χ0n) is 22.9. The van der Waals surface area contributed by atoms with Gasteiger partial charge in [-0.1, -0.05) is 27.7 Å². The largest absolute Gasteiger partial charge is 0.481 e. The molecule has 0 unspecified atom stereocenters. The van der Waals surface area contributed by atoms with Gasteiger partial charge in [0, 0.05) is 12.4 Å². The Labute approximate surface area is 234 Å². The van der Waals surface area contributed by atoms with Crippen molar-refractivity contribution in [3.8, 4) is 0 Å². The summed E-state index contributed by atoms with van der Waals surface area (Å²) in [4.78, 5) is 40.3. The fourth-order valence-electron chi connectivity index (χ4n) is 5.32. The van der Waals surface area contributed by atoms with E-state index < -0.39 is 16.8 Å². The molecular formula is C28H38Cl2N4O4. The molecule has 0 spiro atoms. The highest BCUT2D eigenvalue weighted by atomic mass is 35.5. The Kier molecular flexibility index (Phi) is 9.40. The number of aromatic nitrogens is 4. The van der Waals surface area contributed by atoms with Gasteiger partial charge in [0.25, 0.3) is 0 Å². The van der Waals surface area contributed by atoms with E-state index in [-0.39, 0.29) is 27.4 Å². The Hall–Kier alpha value is -2.32. The molecule has 10 heteroatoms. The van der Waals surface area contributed by atoms with Crippen molar-refractivity contribution < 1.29 is 19.4 Å². The van der Waals surface area contributed by atoms with Crippen LogP contribution in [-0.4, -0.2) is 43.6 Å². The molecule has 2 aromatic rings. The number of nitrogens with zero attached hydrogens (tertiary/aromatic N) is 4. The second-order valence-electron chi connectivity index (χ2n) is 11.9.